The number of nitrogens with one attached hydrogen (secondary N) is 1. The van der Waals surface area contributed by atoms with Crippen LogP contribution in [0.15, 0.2) is 36.4 Å². The van der Waals surface area contributed by atoms with Crippen LogP contribution in [0.25, 0.3) is 0 Å². The fourth-order valence-electron chi connectivity index (χ4n) is 2.88. The van der Waals surface area contributed by atoms with Gasteiger partial charge in [0.25, 0.3) is 0 Å². The van der Waals surface area contributed by atoms with E-state index in [4.69, 9.17) is 15.2 Å². The van der Waals surface area contributed by atoms with Crippen LogP contribution < -0.4 is 20.5 Å². The van der Waals surface area contributed by atoms with Crippen molar-refractivity contribution in [2.45, 2.75) is 18.9 Å². The summed E-state index contributed by atoms with van der Waals surface area (Å²) in [5.41, 5.74) is 10.3. The molecule has 0 aliphatic heterocycles. The predicted octanol–water partition coefficient (Wildman–Crippen LogP) is 3.39. The molecule has 0 spiro atoms. The number of hydrogen-bond acceptors (Lipinski definition) is 4. The summed E-state index contributed by atoms with van der Waals surface area (Å²) in [6, 6.07) is 12.3. The number of benzene rings is 2. The number of rotatable bonds is 4. The Hall–Kier alpha value is -2.36. The van der Waals surface area contributed by atoms with E-state index in [1.54, 1.807) is 14.2 Å². The second kappa shape index (κ2) is 5.56. The minimum Gasteiger partial charge on any atom is -0.497 e. The zero-order valence-electron chi connectivity index (χ0n) is 12.3. The van der Waals surface area contributed by atoms with Crippen LogP contribution in [0.5, 0.6) is 11.5 Å². The lowest BCUT2D eigenvalue weighted by Crippen LogP contribution is -2.07. The minimum atomic E-state index is 0.303. The van der Waals surface area contributed by atoms with Crippen molar-refractivity contribution in [3.63, 3.8) is 0 Å². The van der Waals surface area contributed by atoms with Crippen molar-refractivity contribution >= 4 is 11.4 Å². The van der Waals surface area contributed by atoms with Crippen molar-refractivity contribution in [2.24, 2.45) is 0 Å². The number of ether oxygens (including phenoxy) is 2. The zero-order valence-corrected chi connectivity index (χ0v) is 12.3. The first-order chi connectivity index (χ1) is 10.2. The molecule has 3 N–H and O–H groups in total. The topological polar surface area (TPSA) is 56.5 Å². The van der Waals surface area contributed by atoms with E-state index in [9.17, 15) is 0 Å². The number of hydrogen-bond donors (Lipinski definition) is 2. The molecule has 3 rings (SSSR count). The largest absolute Gasteiger partial charge is 0.497 e. The SMILES string of the molecule is COc1cc(NC2CCc3cc(N)ccc32)cc(OC)c1. The Kier molecular flexibility index (Phi) is 3.60. The average Bonchev–Trinajstić information content (AvgIpc) is 2.88. The van der Waals surface area contributed by atoms with Gasteiger partial charge < -0.3 is 20.5 Å². The lowest BCUT2D eigenvalue weighted by Gasteiger charge is -2.17. The molecular formula is C17H20N2O2. The summed E-state index contributed by atoms with van der Waals surface area (Å²) in [5, 5.41) is 3.57. The van der Waals surface area contributed by atoms with Crippen LogP contribution in [0, 0.1) is 0 Å². The number of aryl methyl sites for hydroxylation is 1. The Balaban J connectivity index is 1.85. The molecule has 2 aromatic carbocycles. The quantitative estimate of drug-likeness (QED) is 0.845. The lowest BCUT2D eigenvalue weighted by atomic mass is 10.1. The van der Waals surface area contributed by atoms with E-state index < -0.39 is 0 Å². The molecule has 0 amide bonds. The lowest BCUT2D eigenvalue weighted by molar-refractivity contribution is 0.394. The highest BCUT2D eigenvalue weighted by Gasteiger charge is 2.22. The van der Waals surface area contributed by atoms with Crippen molar-refractivity contribution in [1.29, 1.82) is 0 Å². The molecule has 4 nitrogen and oxygen atoms in total. The average molecular weight is 284 g/mol. The number of anilines is 2. The van der Waals surface area contributed by atoms with E-state index in [2.05, 4.69) is 17.4 Å². The molecule has 2 aromatic rings. The second-order valence-corrected chi connectivity index (χ2v) is 5.30. The zero-order chi connectivity index (χ0) is 14.8. The summed E-state index contributed by atoms with van der Waals surface area (Å²) in [7, 11) is 3.32. The summed E-state index contributed by atoms with van der Waals surface area (Å²) < 4.78 is 10.6. The Morgan fingerprint density at radius 3 is 2.43 bits per heavy atom. The summed E-state index contributed by atoms with van der Waals surface area (Å²) in [6.07, 6.45) is 2.12. The molecule has 0 radical (unpaired) electrons. The highest BCUT2D eigenvalue weighted by molar-refractivity contribution is 5.57. The second-order valence-electron chi connectivity index (χ2n) is 5.30. The third-order valence-electron chi connectivity index (χ3n) is 3.94. The van der Waals surface area contributed by atoms with Gasteiger partial charge >= 0.3 is 0 Å². The molecule has 0 saturated carbocycles. The molecule has 1 atom stereocenters. The standard InChI is InChI=1S/C17H20N2O2/c1-20-14-8-13(9-15(10-14)21-2)19-17-6-3-11-7-12(18)4-5-16(11)17/h4-5,7-10,17,19H,3,6,18H2,1-2H3. The maximum atomic E-state index is 5.85. The number of methoxy groups -OCH3 is 2. The fraction of sp³-hybridized carbons (Fsp3) is 0.294. The molecule has 1 aliphatic rings. The first-order valence-electron chi connectivity index (χ1n) is 7.07. The van der Waals surface area contributed by atoms with Crippen LogP contribution in [0.3, 0.4) is 0 Å². The van der Waals surface area contributed by atoms with Crippen molar-refractivity contribution in [3.05, 3.63) is 47.5 Å². The summed E-state index contributed by atoms with van der Waals surface area (Å²) in [6.45, 7) is 0. The Morgan fingerprint density at radius 2 is 1.76 bits per heavy atom. The molecule has 110 valence electrons. The molecule has 4 heteroatoms. The van der Waals surface area contributed by atoms with Gasteiger partial charge in [-0.15, -0.1) is 0 Å². The highest BCUT2D eigenvalue weighted by atomic mass is 16.5. The minimum absolute atomic E-state index is 0.303. The Bertz CT molecular complexity index is 633. The molecule has 0 saturated heterocycles. The number of nitrogens with two attached hydrogens (primary N) is 1. The van der Waals surface area contributed by atoms with Gasteiger partial charge in [-0.3, -0.25) is 0 Å². The first kappa shape index (κ1) is 13.6. The maximum Gasteiger partial charge on any atom is 0.124 e. The van der Waals surface area contributed by atoms with Crippen molar-refractivity contribution < 1.29 is 9.47 Å². The van der Waals surface area contributed by atoms with Crippen molar-refractivity contribution in [3.8, 4) is 11.5 Å². The van der Waals surface area contributed by atoms with Gasteiger partial charge in [0.05, 0.1) is 20.3 Å². The molecule has 0 heterocycles. The van der Waals surface area contributed by atoms with E-state index in [0.29, 0.717) is 6.04 Å². The smallest absolute Gasteiger partial charge is 0.124 e. The molecular weight excluding hydrogens is 264 g/mol. The van der Waals surface area contributed by atoms with Gasteiger partial charge in [-0.2, -0.15) is 0 Å². The highest BCUT2D eigenvalue weighted by Crippen LogP contribution is 2.36. The van der Waals surface area contributed by atoms with Crippen molar-refractivity contribution in [1.82, 2.24) is 0 Å². The van der Waals surface area contributed by atoms with E-state index in [1.807, 2.05) is 24.3 Å². The molecule has 0 fully saturated rings. The summed E-state index contributed by atoms with van der Waals surface area (Å²) in [4.78, 5) is 0. The van der Waals surface area contributed by atoms with Crippen LogP contribution in [0.4, 0.5) is 11.4 Å². The normalized spacial score (nSPS) is 16.4. The number of nitrogen functional groups attached to an aromatic ring is 1. The van der Waals surface area contributed by atoms with Gasteiger partial charge in [0.1, 0.15) is 11.5 Å². The Labute approximate surface area is 124 Å². The van der Waals surface area contributed by atoms with E-state index in [0.717, 1.165) is 35.7 Å². The van der Waals surface area contributed by atoms with Gasteiger partial charge in [0.15, 0.2) is 0 Å². The van der Waals surface area contributed by atoms with Crippen LogP contribution >= 0.6 is 0 Å². The summed E-state index contributed by atoms with van der Waals surface area (Å²) in [5.74, 6) is 1.57. The first-order valence-corrected chi connectivity index (χ1v) is 7.07. The van der Waals surface area contributed by atoms with Gasteiger partial charge in [0.2, 0.25) is 0 Å². The fourth-order valence-corrected chi connectivity index (χ4v) is 2.88. The van der Waals surface area contributed by atoms with Crippen molar-refractivity contribution in [2.75, 3.05) is 25.3 Å². The van der Waals surface area contributed by atoms with Crippen LogP contribution in [-0.2, 0) is 6.42 Å². The maximum absolute atomic E-state index is 5.85. The molecule has 0 bridgehead atoms. The van der Waals surface area contributed by atoms with Gasteiger partial charge in [-0.1, -0.05) is 6.07 Å². The number of fused-ring (bicyclic) bond motifs is 1. The van der Waals surface area contributed by atoms with E-state index in [-0.39, 0.29) is 0 Å². The van der Waals surface area contributed by atoms with Gasteiger partial charge in [-0.05, 0) is 36.1 Å². The van der Waals surface area contributed by atoms with Gasteiger partial charge in [-0.25, -0.2) is 0 Å². The van der Waals surface area contributed by atoms with E-state index in [1.165, 1.54) is 11.1 Å². The summed E-state index contributed by atoms with van der Waals surface area (Å²) >= 11 is 0. The predicted molar refractivity (Wildman–Crippen MR) is 85.1 cm³/mol. The van der Waals surface area contributed by atoms with E-state index >= 15 is 0 Å². The molecule has 21 heavy (non-hydrogen) atoms. The van der Waals surface area contributed by atoms with Crippen LogP contribution in [0.1, 0.15) is 23.6 Å². The molecule has 1 unspecified atom stereocenters. The monoisotopic (exact) mass is 284 g/mol. The third-order valence-corrected chi connectivity index (χ3v) is 3.94. The molecule has 0 aromatic heterocycles. The van der Waals surface area contributed by atoms with Gasteiger partial charge in [0, 0.05) is 29.6 Å². The van der Waals surface area contributed by atoms with Crippen LogP contribution in [-0.4, -0.2) is 14.2 Å². The van der Waals surface area contributed by atoms with Crippen LogP contribution in [0.2, 0.25) is 0 Å². The Morgan fingerprint density at radius 1 is 1.05 bits per heavy atom. The third kappa shape index (κ3) is 2.75. The molecule has 1 aliphatic carbocycles.